The molecule has 0 radical (unpaired) electrons. The van der Waals surface area contributed by atoms with Crippen LogP contribution in [0.25, 0.3) is 0 Å². The number of hydrogen-bond acceptors (Lipinski definition) is 3. The Bertz CT molecular complexity index is 478. The van der Waals surface area contributed by atoms with Crippen molar-refractivity contribution in [3.63, 3.8) is 0 Å². The highest BCUT2D eigenvalue weighted by molar-refractivity contribution is 5.94. The largest absolute Gasteiger partial charge is 0.478 e. The predicted molar refractivity (Wildman–Crippen MR) is 86.2 cm³/mol. The van der Waals surface area contributed by atoms with Gasteiger partial charge in [-0.25, -0.2) is 9.59 Å². The highest BCUT2D eigenvalue weighted by Crippen LogP contribution is 2.16. The molecule has 4 heteroatoms. The van der Waals surface area contributed by atoms with E-state index in [1.54, 1.807) is 12.1 Å². The molecule has 0 bridgehead atoms. The molecule has 4 nitrogen and oxygen atoms in total. The molecule has 0 heterocycles. The van der Waals surface area contributed by atoms with Crippen molar-refractivity contribution in [3.05, 3.63) is 35.4 Å². The Kier molecular flexibility index (Phi) is 8.26. The Morgan fingerprint density at radius 2 is 1.77 bits per heavy atom. The van der Waals surface area contributed by atoms with Crippen molar-refractivity contribution in [1.29, 1.82) is 0 Å². The van der Waals surface area contributed by atoms with E-state index in [9.17, 15) is 9.59 Å². The maximum Gasteiger partial charge on any atom is 0.338 e. The second kappa shape index (κ2) is 9.98. The van der Waals surface area contributed by atoms with E-state index in [0.717, 1.165) is 18.8 Å². The zero-order valence-electron chi connectivity index (χ0n) is 13.5. The van der Waals surface area contributed by atoms with Crippen molar-refractivity contribution in [2.75, 3.05) is 6.61 Å². The van der Waals surface area contributed by atoms with Crippen LogP contribution < -0.4 is 0 Å². The van der Waals surface area contributed by atoms with Crippen molar-refractivity contribution >= 4 is 11.9 Å². The quantitative estimate of drug-likeness (QED) is 0.509. The SMILES string of the molecule is CCC(CC)CCCCCOC(=O)c1cccc(C(=O)O)c1. The van der Waals surface area contributed by atoms with Gasteiger partial charge in [0.25, 0.3) is 0 Å². The molecule has 1 rings (SSSR count). The van der Waals surface area contributed by atoms with E-state index < -0.39 is 11.9 Å². The first-order chi connectivity index (χ1) is 10.6. The van der Waals surface area contributed by atoms with Crippen molar-refractivity contribution in [1.82, 2.24) is 0 Å². The third kappa shape index (κ3) is 6.29. The smallest absolute Gasteiger partial charge is 0.338 e. The minimum absolute atomic E-state index is 0.0969. The average molecular weight is 306 g/mol. The highest BCUT2D eigenvalue weighted by Gasteiger charge is 2.10. The zero-order chi connectivity index (χ0) is 16.4. The van der Waals surface area contributed by atoms with Crippen LogP contribution >= 0.6 is 0 Å². The van der Waals surface area contributed by atoms with E-state index in [1.165, 1.54) is 37.8 Å². The lowest BCUT2D eigenvalue weighted by molar-refractivity contribution is 0.0497. The Balaban J connectivity index is 2.26. The lowest BCUT2D eigenvalue weighted by Crippen LogP contribution is -2.08. The number of carbonyl (C=O) groups is 2. The number of carbonyl (C=O) groups excluding carboxylic acids is 1. The fraction of sp³-hybridized carbons (Fsp3) is 0.556. The van der Waals surface area contributed by atoms with Crippen LogP contribution in [-0.2, 0) is 4.74 Å². The maximum absolute atomic E-state index is 11.8. The molecule has 0 unspecified atom stereocenters. The van der Waals surface area contributed by atoms with Gasteiger partial charge in [-0.15, -0.1) is 0 Å². The summed E-state index contributed by atoms with van der Waals surface area (Å²) in [5, 5.41) is 8.90. The summed E-state index contributed by atoms with van der Waals surface area (Å²) < 4.78 is 5.19. The molecule has 0 aliphatic rings. The van der Waals surface area contributed by atoms with Gasteiger partial charge in [-0.3, -0.25) is 0 Å². The molecule has 0 amide bonds. The predicted octanol–water partition coefficient (Wildman–Crippen LogP) is 4.54. The van der Waals surface area contributed by atoms with E-state index in [1.807, 2.05) is 0 Å². The van der Waals surface area contributed by atoms with Gasteiger partial charge in [0.05, 0.1) is 17.7 Å². The van der Waals surface area contributed by atoms with Crippen LogP contribution in [0, 0.1) is 5.92 Å². The Morgan fingerprint density at radius 1 is 1.09 bits per heavy atom. The van der Waals surface area contributed by atoms with Crippen molar-refractivity contribution in [3.8, 4) is 0 Å². The van der Waals surface area contributed by atoms with Crippen molar-refractivity contribution in [2.45, 2.75) is 52.4 Å². The number of hydrogen-bond donors (Lipinski definition) is 1. The lowest BCUT2D eigenvalue weighted by atomic mass is 9.96. The van der Waals surface area contributed by atoms with E-state index in [-0.39, 0.29) is 11.1 Å². The van der Waals surface area contributed by atoms with Crippen molar-refractivity contribution < 1.29 is 19.4 Å². The summed E-state index contributed by atoms with van der Waals surface area (Å²) in [6.07, 6.45) is 6.76. The van der Waals surface area contributed by atoms with E-state index in [0.29, 0.717) is 6.61 Å². The number of carboxylic acids is 1. The molecule has 1 aromatic rings. The molecule has 0 aliphatic heterocycles. The Hall–Kier alpha value is -1.84. The monoisotopic (exact) mass is 306 g/mol. The first-order valence-electron chi connectivity index (χ1n) is 8.08. The summed E-state index contributed by atoms with van der Waals surface area (Å²) in [5.41, 5.74) is 0.386. The van der Waals surface area contributed by atoms with Gasteiger partial charge in [-0.1, -0.05) is 52.0 Å². The van der Waals surface area contributed by atoms with E-state index in [2.05, 4.69) is 13.8 Å². The van der Waals surface area contributed by atoms with Gasteiger partial charge < -0.3 is 9.84 Å². The van der Waals surface area contributed by atoms with E-state index >= 15 is 0 Å². The summed E-state index contributed by atoms with van der Waals surface area (Å²) >= 11 is 0. The third-order valence-electron chi connectivity index (χ3n) is 3.99. The summed E-state index contributed by atoms with van der Waals surface area (Å²) in [7, 11) is 0. The molecule has 0 saturated heterocycles. The topological polar surface area (TPSA) is 63.6 Å². The number of carboxylic acid groups (broad SMARTS) is 1. The molecule has 0 fully saturated rings. The third-order valence-corrected chi connectivity index (χ3v) is 3.99. The number of unbranched alkanes of at least 4 members (excludes halogenated alkanes) is 2. The van der Waals surface area contributed by atoms with Gasteiger partial charge in [0, 0.05) is 0 Å². The fourth-order valence-electron chi connectivity index (χ4n) is 2.44. The highest BCUT2D eigenvalue weighted by atomic mass is 16.5. The second-order valence-corrected chi connectivity index (χ2v) is 5.55. The van der Waals surface area contributed by atoms with Crippen LogP contribution in [0.4, 0.5) is 0 Å². The Labute approximate surface area is 132 Å². The minimum atomic E-state index is -1.05. The molecule has 0 spiro atoms. The summed E-state index contributed by atoms with van der Waals surface area (Å²) in [5.74, 6) is -0.694. The van der Waals surface area contributed by atoms with Gasteiger partial charge in [0.15, 0.2) is 0 Å². The van der Waals surface area contributed by atoms with Gasteiger partial charge >= 0.3 is 11.9 Å². The normalized spacial score (nSPS) is 10.7. The average Bonchev–Trinajstić information content (AvgIpc) is 2.54. The molecule has 122 valence electrons. The van der Waals surface area contributed by atoms with Gasteiger partial charge in [-0.05, 0) is 30.5 Å². The lowest BCUT2D eigenvalue weighted by Gasteiger charge is -2.11. The van der Waals surface area contributed by atoms with Gasteiger partial charge in [-0.2, -0.15) is 0 Å². The number of aromatic carboxylic acids is 1. The summed E-state index contributed by atoms with van der Waals surface area (Å²) in [6.45, 7) is 4.83. The molecular formula is C18H26O4. The molecule has 22 heavy (non-hydrogen) atoms. The molecule has 0 atom stereocenters. The van der Waals surface area contributed by atoms with Crippen LogP contribution in [0.15, 0.2) is 24.3 Å². The first kappa shape index (κ1) is 18.2. The zero-order valence-corrected chi connectivity index (χ0v) is 13.5. The summed E-state index contributed by atoms with van der Waals surface area (Å²) in [6, 6.07) is 5.92. The minimum Gasteiger partial charge on any atom is -0.478 e. The molecule has 1 aromatic carbocycles. The van der Waals surface area contributed by atoms with Gasteiger partial charge in [0.2, 0.25) is 0 Å². The van der Waals surface area contributed by atoms with Crippen LogP contribution in [0.5, 0.6) is 0 Å². The van der Waals surface area contributed by atoms with E-state index in [4.69, 9.17) is 9.84 Å². The fourth-order valence-corrected chi connectivity index (χ4v) is 2.44. The number of rotatable bonds is 10. The standard InChI is InChI=1S/C18H26O4/c1-3-14(4-2)9-6-5-7-12-22-18(21)16-11-8-10-15(13-16)17(19)20/h8,10-11,13-14H,3-7,9,12H2,1-2H3,(H,19,20). The molecular weight excluding hydrogens is 280 g/mol. The molecule has 0 saturated carbocycles. The van der Waals surface area contributed by atoms with Crippen LogP contribution in [0.1, 0.15) is 73.1 Å². The van der Waals surface area contributed by atoms with Crippen LogP contribution in [0.3, 0.4) is 0 Å². The number of esters is 1. The molecule has 0 aromatic heterocycles. The van der Waals surface area contributed by atoms with Crippen LogP contribution in [0.2, 0.25) is 0 Å². The second-order valence-electron chi connectivity index (χ2n) is 5.55. The van der Waals surface area contributed by atoms with Gasteiger partial charge in [0.1, 0.15) is 0 Å². The molecule has 0 aliphatic carbocycles. The van der Waals surface area contributed by atoms with Crippen LogP contribution in [-0.4, -0.2) is 23.7 Å². The molecule has 1 N–H and O–H groups in total. The number of ether oxygens (including phenoxy) is 1. The first-order valence-corrected chi connectivity index (χ1v) is 8.08. The number of benzene rings is 1. The summed E-state index contributed by atoms with van der Waals surface area (Å²) in [4.78, 5) is 22.7. The maximum atomic E-state index is 11.8. The van der Waals surface area contributed by atoms with Crippen molar-refractivity contribution in [2.24, 2.45) is 5.92 Å². The Morgan fingerprint density at radius 3 is 2.41 bits per heavy atom.